The van der Waals surface area contributed by atoms with Crippen LogP contribution in [-0.2, 0) is 34.1 Å². The van der Waals surface area contributed by atoms with E-state index in [1.54, 1.807) is 0 Å². The Morgan fingerprint density at radius 2 is 1.00 bits per heavy atom. The van der Waals surface area contributed by atoms with Crippen LogP contribution in [0.15, 0.2) is 0 Å². The van der Waals surface area contributed by atoms with Crippen LogP contribution in [0.25, 0.3) is 0 Å². The zero-order chi connectivity index (χ0) is 0. The van der Waals surface area contributed by atoms with Crippen molar-refractivity contribution in [2.24, 2.45) is 0 Å². The first-order valence-electron chi connectivity index (χ1n) is 0. The van der Waals surface area contributed by atoms with E-state index in [-0.39, 0.29) is 109 Å². The summed E-state index contributed by atoms with van der Waals surface area (Å²) in [6.45, 7) is 0. The molecule has 0 amide bonds. The Kier molecular flexibility index (Phi) is 105. The largest absolute Gasteiger partial charge is 0 e. The van der Waals surface area contributed by atoms with E-state index in [1.807, 2.05) is 0 Å². The van der Waals surface area contributed by atoms with Gasteiger partial charge in [-0.1, -0.05) is 0 Å². The second-order valence-electron chi connectivity index (χ2n) is 0. The molecule has 0 nitrogen and oxygen atoms in total. The van der Waals surface area contributed by atoms with Gasteiger partial charge in [0.25, 0.3) is 0 Å². The predicted octanol–water partition coefficient (Wildman–Crippen LogP) is -0.767. The average Bonchev–Trinajstić information content (AvgIpc) is 0. The number of rotatable bonds is 0. The third-order valence-electron chi connectivity index (χ3n) is 0. The van der Waals surface area contributed by atoms with Gasteiger partial charge in [-0.3, -0.25) is 0 Å². The first-order chi connectivity index (χ1) is 0. The summed E-state index contributed by atoms with van der Waals surface area (Å²) >= 11 is 0. The Hall–Kier alpha value is 3.44. The molecular formula is CuFeKMg. The third-order valence-corrected chi connectivity index (χ3v) is 0. The van der Waals surface area contributed by atoms with Gasteiger partial charge in [-0.15, -0.1) is 0 Å². The van der Waals surface area contributed by atoms with Crippen molar-refractivity contribution in [2.75, 3.05) is 0 Å². The van der Waals surface area contributed by atoms with Crippen LogP contribution in [0.4, 0.5) is 0 Å². The smallest absolute Gasteiger partial charge is 0 e. The summed E-state index contributed by atoms with van der Waals surface area (Å²) < 4.78 is 0. The average molecular weight is 183 g/mol. The van der Waals surface area contributed by atoms with E-state index in [0.717, 1.165) is 0 Å². The van der Waals surface area contributed by atoms with Crippen molar-refractivity contribution in [3.8, 4) is 0 Å². The summed E-state index contributed by atoms with van der Waals surface area (Å²) in [5, 5.41) is 0. The fourth-order valence-corrected chi connectivity index (χ4v) is 0. The van der Waals surface area contributed by atoms with Crippen molar-refractivity contribution in [2.45, 2.75) is 0 Å². The van der Waals surface area contributed by atoms with Gasteiger partial charge >= 0.3 is 0 Å². The zero-order valence-electron chi connectivity index (χ0n) is 2.36. The molecule has 0 atom stereocenters. The molecule has 4 heteroatoms. The molecule has 0 aliphatic heterocycles. The molecule has 22 valence electrons. The molecule has 0 fully saturated rings. The van der Waals surface area contributed by atoms with E-state index in [2.05, 4.69) is 0 Å². The molecule has 0 heterocycles. The molecule has 0 spiro atoms. The molecule has 0 aromatic rings. The van der Waals surface area contributed by atoms with E-state index >= 15 is 0 Å². The van der Waals surface area contributed by atoms with Crippen molar-refractivity contribution < 1.29 is 34.1 Å². The maximum Gasteiger partial charge on any atom is 0 e. The molecule has 0 saturated carbocycles. The molecule has 0 N–H and O–H groups in total. The van der Waals surface area contributed by atoms with Crippen LogP contribution < -0.4 is 0 Å². The molecule has 0 aliphatic carbocycles. The van der Waals surface area contributed by atoms with Crippen LogP contribution in [-0.4, -0.2) is 74.4 Å². The first kappa shape index (κ1) is 26.1. The van der Waals surface area contributed by atoms with Crippen LogP contribution in [0.2, 0.25) is 0 Å². The summed E-state index contributed by atoms with van der Waals surface area (Å²) in [6, 6.07) is 0. The number of hydrogen-bond acceptors (Lipinski definition) is 0. The van der Waals surface area contributed by atoms with Crippen molar-refractivity contribution >= 4 is 74.4 Å². The van der Waals surface area contributed by atoms with Gasteiger partial charge in [0.15, 0.2) is 0 Å². The quantitative estimate of drug-likeness (QED) is 0.432. The molecule has 4 radical (unpaired) electrons. The second-order valence-corrected chi connectivity index (χ2v) is 0. The summed E-state index contributed by atoms with van der Waals surface area (Å²) in [5.41, 5.74) is 0. The third kappa shape index (κ3) is 9.06. The Bertz CT molecular complexity index is 8.00. The van der Waals surface area contributed by atoms with Gasteiger partial charge in [0.2, 0.25) is 0 Å². The SMILES string of the molecule is [Cu].[Fe].[K].[Mg]. The Morgan fingerprint density at radius 3 is 1.00 bits per heavy atom. The molecule has 0 aromatic heterocycles. The minimum Gasteiger partial charge on any atom is 0 e. The molecule has 0 rings (SSSR count). The fraction of sp³-hybridized carbons (Fsp3) is 0. The van der Waals surface area contributed by atoms with Gasteiger partial charge in [-0.25, -0.2) is 0 Å². The van der Waals surface area contributed by atoms with Gasteiger partial charge in [0.1, 0.15) is 0 Å². The molecule has 0 aliphatic rings. The zero-order valence-corrected chi connectivity index (χ0v) is 8.95. The van der Waals surface area contributed by atoms with Crippen molar-refractivity contribution in [1.29, 1.82) is 0 Å². The normalized spacial score (nSPS) is 0. The second kappa shape index (κ2) is 16.1. The van der Waals surface area contributed by atoms with Crippen LogP contribution in [0.1, 0.15) is 0 Å². The maximum atomic E-state index is 0. The van der Waals surface area contributed by atoms with Crippen LogP contribution in [0.3, 0.4) is 0 Å². The standard InChI is InChI=1S/Cu.Fe.K.Mg. The van der Waals surface area contributed by atoms with E-state index in [9.17, 15) is 0 Å². The summed E-state index contributed by atoms with van der Waals surface area (Å²) in [4.78, 5) is 0. The topological polar surface area (TPSA) is 0 Å². The monoisotopic (exact) mass is 182 g/mol. The van der Waals surface area contributed by atoms with Gasteiger partial charge in [-0.2, -0.15) is 0 Å². The van der Waals surface area contributed by atoms with Gasteiger partial charge < -0.3 is 0 Å². The van der Waals surface area contributed by atoms with Crippen LogP contribution >= 0.6 is 0 Å². The summed E-state index contributed by atoms with van der Waals surface area (Å²) in [7, 11) is 0. The maximum absolute atomic E-state index is 0. The molecule has 0 aromatic carbocycles. The first-order valence-corrected chi connectivity index (χ1v) is 0. The number of hydrogen-bond donors (Lipinski definition) is 0. The van der Waals surface area contributed by atoms with E-state index in [1.165, 1.54) is 0 Å². The van der Waals surface area contributed by atoms with Gasteiger partial charge in [0, 0.05) is 109 Å². The predicted molar refractivity (Wildman–Crippen MR) is 11.5 cm³/mol. The Labute approximate surface area is 106 Å². The summed E-state index contributed by atoms with van der Waals surface area (Å²) in [6.07, 6.45) is 0. The van der Waals surface area contributed by atoms with E-state index < -0.39 is 0 Å². The molecular weight excluding hydrogens is 183 g/mol. The minimum absolute atomic E-state index is 0. The molecule has 0 bridgehead atoms. The fourth-order valence-electron chi connectivity index (χ4n) is 0. The Balaban J connectivity index is 0. The van der Waals surface area contributed by atoms with Gasteiger partial charge in [0.05, 0.1) is 0 Å². The van der Waals surface area contributed by atoms with Crippen LogP contribution in [0, 0.1) is 0 Å². The van der Waals surface area contributed by atoms with Crippen molar-refractivity contribution in [3.05, 3.63) is 0 Å². The van der Waals surface area contributed by atoms with E-state index in [4.69, 9.17) is 0 Å². The molecule has 0 saturated heterocycles. The van der Waals surface area contributed by atoms with E-state index in [0.29, 0.717) is 0 Å². The Morgan fingerprint density at radius 1 is 1.00 bits per heavy atom. The summed E-state index contributed by atoms with van der Waals surface area (Å²) in [5.74, 6) is 0. The van der Waals surface area contributed by atoms with Crippen molar-refractivity contribution in [3.63, 3.8) is 0 Å². The molecule has 0 unspecified atom stereocenters. The van der Waals surface area contributed by atoms with Gasteiger partial charge in [-0.05, 0) is 0 Å². The van der Waals surface area contributed by atoms with Crippen LogP contribution in [0.5, 0.6) is 0 Å². The molecule has 4 heavy (non-hydrogen) atoms. The van der Waals surface area contributed by atoms with Crippen molar-refractivity contribution in [1.82, 2.24) is 0 Å². The minimum atomic E-state index is 0.